The quantitative estimate of drug-likeness (QED) is 0.852. The first-order valence-corrected chi connectivity index (χ1v) is 8.71. The van der Waals surface area contributed by atoms with Crippen LogP contribution in [0.2, 0.25) is 0 Å². The highest BCUT2D eigenvalue weighted by Gasteiger charge is 2.12. The third-order valence-corrected chi connectivity index (χ3v) is 5.22. The Labute approximate surface area is 125 Å². The van der Waals surface area contributed by atoms with Crippen molar-refractivity contribution in [1.82, 2.24) is 9.55 Å². The zero-order valence-electron chi connectivity index (χ0n) is 12.4. The third kappa shape index (κ3) is 4.07. The Hall–Kier alpha value is -1.82. The van der Waals surface area contributed by atoms with Gasteiger partial charge in [0, 0.05) is 38.1 Å². The van der Waals surface area contributed by atoms with E-state index < -0.39 is 9.84 Å². The lowest BCUT2D eigenvalue weighted by Gasteiger charge is -2.08. The van der Waals surface area contributed by atoms with Crippen LogP contribution in [0.1, 0.15) is 19.2 Å². The molecule has 5 nitrogen and oxygen atoms in total. The molecule has 0 bridgehead atoms. The number of nitrogens with zero attached hydrogens (tertiary/aromatic N) is 2. The smallest absolute Gasteiger partial charge is 0.178 e. The molecule has 1 aromatic carbocycles. The van der Waals surface area contributed by atoms with Crippen LogP contribution in [0.3, 0.4) is 0 Å². The molecule has 1 N–H and O–H groups in total. The lowest BCUT2D eigenvalue weighted by Crippen LogP contribution is -2.09. The topological polar surface area (TPSA) is 64.0 Å². The van der Waals surface area contributed by atoms with Crippen LogP contribution in [0.5, 0.6) is 0 Å². The van der Waals surface area contributed by atoms with Crippen molar-refractivity contribution in [1.29, 1.82) is 0 Å². The maximum Gasteiger partial charge on any atom is 0.178 e. The van der Waals surface area contributed by atoms with Gasteiger partial charge in [-0.1, -0.05) is 6.92 Å². The van der Waals surface area contributed by atoms with Crippen molar-refractivity contribution in [2.75, 3.05) is 17.6 Å². The molecule has 6 heteroatoms. The molecule has 21 heavy (non-hydrogen) atoms. The van der Waals surface area contributed by atoms with Gasteiger partial charge in [0.15, 0.2) is 9.84 Å². The molecule has 0 atom stereocenters. The van der Waals surface area contributed by atoms with E-state index >= 15 is 0 Å². The van der Waals surface area contributed by atoms with Crippen LogP contribution < -0.4 is 5.32 Å². The average molecular weight is 307 g/mol. The van der Waals surface area contributed by atoms with Gasteiger partial charge in [-0.15, -0.1) is 0 Å². The molecule has 0 saturated carbocycles. The van der Waals surface area contributed by atoms with E-state index in [2.05, 4.69) is 10.3 Å². The second-order valence-corrected chi connectivity index (χ2v) is 7.08. The first kappa shape index (κ1) is 15.6. The Morgan fingerprint density at radius 2 is 1.95 bits per heavy atom. The molecule has 2 aromatic rings. The molecular formula is C15H21N3O2S. The molecule has 0 aliphatic carbocycles. The summed E-state index contributed by atoms with van der Waals surface area (Å²) < 4.78 is 25.8. The summed E-state index contributed by atoms with van der Waals surface area (Å²) in [6.45, 7) is 2.62. The lowest BCUT2D eigenvalue weighted by molar-refractivity contribution is 0.595. The van der Waals surface area contributed by atoms with E-state index in [1.807, 2.05) is 24.7 Å². The molecule has 0 aliphatic rings. The van der Waals surface area contributed by atoms with Gasteiger partial charge in [-0.25, -0.2) is 13.4 Å². The number of hydrogen-bond donors (Lipinski definition) is 1. The molecule has 0 aliphatic heterocycles. The van der Waals surface area contributed by atoms with E-state index in [9.17, 15) is 8.42 Å². The van der Waals surface area contributed by atoms with E-state index in [-0.39, 0.29) is 5.75 Å². The summed E-state index contributed by atoms with van der Waals surface area (Å²) >= 11 is 0. The molecule has 0 amide bonds. The van der Waals surface area contributed by atoms with Crippen LogP contribution in [0, 0.1) is 0 Å². The molecule has 0 spiro atoms. The number of imidazole rings is 1. The average Bonchev–Trinajstić information content (AvgIpc) is 2.85. The zero-order valence-corrected chi connectivity index (χ0v) is 13.2. The number of hydrogen-bond acceptors (Lipinski definition) is 4. The summed E-state index contributed by atoms with van der Waals surface area (Å²) in [7, 11) is -1.16. The minimum absolute atomic E-state index is 0.193. The van der Waals surface area contributed by atoms with Gasteiger partial charge in [0.2, 0.25) is 0 Å². The molecule has 2 rings (SSSR count). The maximum atomic E-state index is 11.9. The Morgan fingerprint density at radius 3 is 2.52 bits per heavy atom. The normalized spacial score (nSPS) is 11.5. The molecule has 0 saturated heterocycles. The van der Waals surface area contributed by atoms with E-state index in [1.165, 1.54) is 0 Å². The first-order chi connectivity index (χ1) is 10.0. The molecular weight excluding hydrogens is 286 g/mol. The Morgan fingerprint density at radius 1 is 1.24 bits per heavy atom. The van der Waals surface area contributed by atoms with Crippen molar-refractivity contribution in [3.05, 3.63) is 42.5 Å². The number of nitrogens with one attached hydrogen (secondary N) is 1. The second kappa shape index (κ2) is 6.76. The van der Waals surface area contributed by atoms with Crippen molar-refractivity contribution < 1.29 is 8.42 Å². The summed E-state index contributed by atoms with van der Waals surface area (Å²) in [5.74, 6) is 1.21. The number of aromatic nitrogens is 2. The van der Waals surface area contributed by atoms with Crippen molar-refractivity contribution in [2.24, 2.45) is 7.05 Å². The maximum absolute atomic E-state index is 11.9. The number of anilines is 1. The van der Waals surface area contributed by atoms with Gasteiger partial charge < -0.3 is 9.88 Å². The minimum atomic E-state index is -3.13. The van der Waals surface area contributed by atoms with Crippen molar-refractivity contribution >= 4 is 15.5 Å². The van der Waals surface area contributed by atoms with Crippen LogP contribution in [-0.4, -0.2) is 30.3 Å². The van der Waals surface area contributed by atoms with Crippen LogP contribution in [0.25, 0.3) is 0 Å². The van der Waals surface area contributed by atoms with Gasteiger partial charge in [0.05, 0.1) is 10.6 Å². The van der Waals surface area contributed by atoms with E-state index in [4.69, 9.17) is 0 Å². The number of sulfone groups is 1. The van der Waals surface area contributed by atoms with Gasteiger partial charge in [0.1, 0.15) is 5.82 Å². The standard InChI is InChI=1S/C15H21N3O2S/c1-3-12-21(19,20)14-6-4-13(5-7-14)16-9-8-15-17-10-11-18(15)2/h4-7,10-11,16H,3,8-9,12H2,1-2H3. The molecule has 0 radical (unpaired) electrons. The largest absolute Gasteiger partial charge is 0.385 e. The monoisotopic (exact) mass is 307 g/mol. The molecule has 1 aromatic heterocycles. The molecule has 0 fully saturated rings. The van der Waals surface area contributed by atoms with Gasteiger partial charge in [-0.3, -0.25) is 0 Å². The fourth-order valence-corrected chi connectivity index (χ4v) is 3.45. The summed E-state index contributed by atoms with van der Waals surface area (Å²) in [4.78, 5) is 4.65. The first-order valence-electron chi connectivity index (χ1n) is 7.06. The van der Waals surface area contributed by atoms with E-state index in [0.29, 0.717) is 11.3 Å². The van der Waals surface area contributed by atoms with Crippen LogP contribution in [0.15, 0.2) is 41.6 Å². The van der Waals surface area contributed by atoms with Crippen molar-refractivity contribution in [2.45, 2.75) is 24.7 Å². The summed E-state index contributed by atoms with van der Waals surface area (Å²) in [5.41, 5.74) is 0.916. The van der Waals surface area contributed by atoms with E-state index in [0.717, 1.165) is 24.5 Å². The van der Waals surface area contributed by atoms with Gasteiger partial charge >= 0.3 is 0 Å². The lowest BCUT2D eigenvalue weighted by atomic mass is 10.3. The van der Waals surface area contributed by atoms with Gasteiger partial charge in [0.25, 0.3) is 0 Å². The molecule has 0 unspecified atom stereocenters. The number of benzene rings is 1. The number of aryl methyl sites for hydroxylation is 1. The highest BCUT2D eigenvalue weighted by molar-refractivity contribution is 7.91. The minimum Gasteiger partial charge on any atom is -0.385 e. The van der Waals surface area contributed by atoms with Crippen LogP contribution >= 0.6 is 0 Å². The Balaban J connectivity index is 1.92. The third-order valence-electron chi connectivity index (χ3n) is 3.28. The highest BCUT2D eigenvalue weighted by atomic mass is 32.2. The predicted molar refractivity (Wildman–Crippen MR) is 84.2 cm³/mol. The van der Waals surface area contributed by atoms with Crippen molar-refractivity contribution in [3.63, 3.8) is 0 Å². The fourth-order valence-electron chi connectivity index (χ4n) is 2.12. The zero-order chi connectivity index (χ0) is 15.3. The summed E-state index contributed by atoms with van der Waals surface area (Å²) in [6.07, 6.45) is 5.15. The fraction of sp³-hybridized carbons (Fsp3) is 0.400. The molecule has 114 valence electrons. The van der Waals surface area contributed by atoms with Crippen LogP contribution in [0.4, 0.5) is 5.69 Å². The summed E-state index contributed by atoms with van der Waals surface area (Å²) in [5, 5.41) is 3.27. The number of rotatable bonds is 7. The van der Waals surface area contributed by atoms with Crippen LogP contribution in [-0.2, 0) is 23.3 Å². The summed E-state index contributed by atoms with van der Waals surface area (Å²) in [6, 6.07) is 6.93. The Kier molecular flexibility index (Phi) is 5.01. The van der Waals surface area contributed by atoms with Gasteiger partial charge in [-0.2, -0.15) is 0 Å². The molecule has 1 heterocycles. The van der Waals surface area contributed by atoms with Crippen molar-refractivity contribution in [3.8, 4) is 0 Å². The second-order valence-electron chi connectivity index (χ2n) is 4.97. The highest BCUT2D eigenvalue weighted by Crippen LogP contribution is 2.16. The van der Waals surface area contributed by atoms with E-state index in [1.54, 1.807) is 30.5 Å². The van der Waals surface area contributed by atoms with Gasteiger partial charge in [-0.05, 0) is 30.7 Å². The Bertz CT molecular complexity index is 675. The predicted octanol–water partition coefficient (Wildman–Crippen LogP) is 2.26. The SMILES string of the molecule is CCCS(=O)(=O)c1ccc(NCCc2nccn2C)cc1.